The minimum Gasteiger partial charge on any atom is -0.496 e. The van der Waals surface area contributed by atoms with Gasteiger partial charge in [-0.05, 0) is 25.5 Å². The van der Waals surface area contributed by atoms with Crippen molar-refractivity contribution in [2.24, 2.45) is 0 Å². The van der Waals surface area contributed by atoms with E-state index in [4.69, 9.17) is 14.2 Å². The van der Waals surface area contributed by atoms with Crippen LogP contribution in [0.4, 0.5) is 4.79 Å². The lowest BCUT2D eigenvalue weighted by Crippen LogP contribution is -2.41. The number of methoxy groups -OCH3 is 2. The molecule has 0 radical (unpaired) electrons. The molecule has 1 rings (SSSR count). The van der Waals surface area contributed by atoms with Crippen molar-refractivity contribution in [2.75, 3.05) is 27.4 Å². The molecule has 0 aromatic heterocycles. The molecule has 0 heterocycles. The first-order valence-electron chi connectivity index (χ1n) is 7.40. The molecule has 3 amide bonds. The second-order valence-corrected chi connectivity index (χ2v) is 4.89. The van der Waals surface area contributed by atoms with E-state index in [0.717, 1.165) is 12.0 Å². The summed E-state index contributed by atoms with van der Waals surface area (Å²) >= 11 is 0. The Morgan fingerprint density at radius 3 is 2.17 bits per heavy atom. The lowest BCUT2D eigenvalue weighted by Gasteiger charge is -2.12. The Bertz CT molecular complexity index is 590. The van der Waals surface area contributed by atoms with Gasteiger partial charge in [0.25, 0.3) is 5.91 Å². The average molecular weight is 338 g/mol. The molecule has 8 heteroatoms. The van der Waals surface area contributed by atoms with Crippen LogP contribution in [0.1, 0.15) is 29.3 Å². The molecule has 1 aromatic rings. The molecular weight excluding hydrogens is 316 g/mol. The Morgan fingerprint density at radius 2 is 1.67 bits per heavy atom. The van der Waals surface area contributed by atoms with E-state index in [9.17, 15) is 14.4 Å². The minimum atomic E-state index is -0.726. The zero-order valence-electron chi connectivity index (χ0n) is 14.2. The van der Waals surface area contributed by atoms with Gasteiger partial charge < -0.3 is 19.5 Å². The SMILES string of the molecule is CCCNC(=O)NC(=O)COC(=O)c1cc(OC)c(C)c(OC)c1. The second kappa shape index (κ2) is 9.39. The zero-order chi connectivity index (χ0) is 18.1. The van der Waals surface area contributed by atoms with Crippen LogP contribution in [-0.2, 0) is 9.53 Å². The lowest BCUT2D eigenvalue weighted by molar-refractivity contribution is -0.123. The molecule has 0 fully saturated rings. The summed E-state index contributed by atoms with van der Waals surface area (Å²) in [5.41, 5.74) is 0.916. The van der Waals surface area contributed by atoms with Gasteiger partial charge in [0.15, 0.2) is 6.61 Å². The summed E-state index contributed by atoms with van der Waals surface area (Å²) in [5, 5.41) is 4.53. The maximum atomic E-state index is 12.0. The van der Waals surface area contributed by atoms with Crippen LogP contribution in [-0.4, -0.2) is 45.3 Å². The molecule has 0 saturated carbocycles. The molecule has 132 valence electrons. The normalized spacial score (nSPS) is 9.83. The summed E-state index contributed by atoms with van der Waals surface area (Å²) in [6.07, 6.45) is 0.744. The maximum Gasteiger partial charge on any atom is 0.338 e. The van der Waals surface area contributed by atoms with Gasteiger partial charge >= 0.3 is 12.0 Å². The molecule has 8 nitrogen and oxygen atoms in total. The van der Waals surface area contributed by atoms with Crippen LogP contribution in [0.15, 0.2) is 12.1 Å². The topological polar surface area (TPSA) is 103 Å². The number of amides is 3. The summed E-state index contributed by atoms with van der Waals surface area (Å²) in [6, 6.07) is 2.36. The van der Waals surface area contributed by atoms with Crippen LogP contribution in [0.5, 0.6) is 11.5 Å². The summed E-state index contributed by atoms with van der Waals surface area (Å²) in [5.74, 6) is -0.520. The van der Waals surface area contributed by atoms with E-state index in [2.05, 4.69) is 10.6 Å². The first-order valence-corrected chi connectivity index (χ1v) is 7.40. The molecule has 0 saturated heterocycles. The standard InChI is InChI=1S/C16H22N2O6/c1-5-6-17-16(21)18-14(19)9-24-15(20)11-7-12(22-3)10(2)13(8-11)23-4/h7-8H,5-6,9H2,1-4H3,(H2,17,18,19,21). The average Bonchev–Trinajstić information content (AvgIpc) is 2.57. The predicted molar refractivity (Wildman–Crippen MR) is 86.4 cm³/mol. The number of benzene rings is 1. The predicted octanol–water partition coefficient (Wildman–Crippen LogP) is 1.40. The Morgan fingerprint density at radius 1 is 1.08 bits per heavy atom. The van der Waals surface area contributed by atoms with Crippen molar-refractivity contribution in [3.8, 4) is 11.5 Å². The number of nitrogens with one attached hydrogen (secondary N) is 2. The third kappa shape index (κ3) is 5.45. The van der Waals surface area contributed by atoms with Crippen LogP contribution in [0, 0.1) is 6.92 Å². The van der Waals surface area contributed by atoms with Crippen molar-refractivity contribution < 1.29 is 28.6 Å². The van der Waals surface area contributed by atoms with Crippen molar-refractivity contribution in [1.82, 2.24) is 10.6 Å². The first kappa shape index (κ1) is 19.3. The number of imide groups is 1. The van der Waals surface area contributed by atoms with Crippen LogP contribution in [0.3, 0.4) is 0 Å². The van der Waals surface area contributed by atoms with Gasteiger partial charge in [-0.25, -0.2) is 9.59 Å². The maximum absolute atomic E-state index is 12.0. The van der Waals surface area contributed by atoms with Gasteiger partial charge in [-0.2, -0.15) is 0 Å². The number of rotatable bonds is 7. The highest BCUT2D eigenvalue weighted by molar-refractivity contribution is 5.97. The number of hydrogen-bond donors (Lipinski definition) is 2. The third-order valence-corrected chi connectivity index (χ3v) is 3.11. The van der Waals surface area contributed by atoms with Gasteiger partial charge in [0.05, 0.1) is 19.8 Å². The van der Waals surface area contributed by atoms with Crippen molar-refractivity contribution in [3.05, 3.63) is 23.3 Å². The van der Waals surface area contributed by atoms with Gasteiger partial charge in [-0.3, -0.25) is 10.1 Å². The summed E-state index contributed by atoms with van der Waals surface area (Å²) in [4.78, 5) is 34.9. The fraction of sp³-hybridized carbons (Fsp3) is 0.438. The molecule has 0 aliphatic heterocycles. The number of ether oxygens (including phenoxy) is 3. The molecule has 1 aromatic carbocycles. The van der Waals surface area contributed by atoms with E-state index < -0.39 is 24.5 Å². The molecule has 24 heavy (non-hydrogen) atoms. The highest BCUT2D eigenvalue weighted by Crippen LogP contribution is 2.29. The van der Waals surface area contributed by atoms with Gasteiger partial charge in [0, 0.05) is 12.1 Å². The van der Waals surface area contributed by atoms with E-state index in [1.807, 2.05) is 6.92 Å². The number of urea groups is 1. The van der Waals surface area contributed by atoms with E-state index in [1.165, 1.54) is 26.4 Å². The molecular formula is C16H22N2O6. The largest absolute Gasteiger partial charge is 0.496 e. The Kier molecular flexibility index (Phi) is 7.54. The van der Waals surface area contributed by atoms with Crippen molar-refractivity contribution in [3.63, 3.8) is 0 Å². The van der Waals surface area contributed by atoms with E-state index in [1.54, 1.807) is 6.92 Å². The van der Waals surface area contributed by atoms with Crippen LogP contribution in [0.2, 0.25) is 0 Å². The quantitative estimate of drug-likeness (QED) is 0.729. The lowest BCUT2D eigenvalue weighted by atomic mass is 10.1. The first-order chi connectivity index (χ1) is 11.4. The van der Waals surface area contributed by atoms with E-state index in [-0.39, 0.29) is 5.56 Å². The van der Waals surface area contributed by atoms with Crippen LogP contribution >= 0.6 is 0 Å². The smallest absolute Gasteiger partial charge is 0.338 e. The van der Waals surface area contributed by atoms with Crippen molar-refractivity contribution in [1.29, 1.82) is 0 Å². The van der Waals surface area contributed by atoms with Gasteiger partial charge in [-0.15, -0.1) is 0 Å². The van der Waals surface area contributed by atoms with E-state index >= 15 is 0 Å². The molecule has 0 unspecified atom stereocenters. The third-order valence-electron chi connectivity index (χ3n) is 3.11. The molecule has 0 atom stereocenters. The number of hydrogen-bond acceptors (Lipinski definition) is 6. The molecule has 0 aliphatic rings. The number of esters is 1. The molecule has 0 spiro atoms. The van der Waals surface area contributed by atoms with Crippen molar-refractivity contribution in [2.45, 2.75) is 20.3 Å². The van der Waals surface area contributed by atoms with Crippen LogP contribution in [0.25, 0.3) is 0 Å². The van der Waals surface area contributed by atoms with Gasteiger partial charge in [0.1, 0.15) is 11.5 Å². The second-order valence-electron chi connectivity index (χ2n) is 4.89. The monoisotopic (exact) mass is 338 g/mol. The number of carbonyl (C=O) groups excluding carboxylic acids is 3. The fourth-order valence-electron chi connectivity index (χ4n) is 1.86. The van der Waals surface area contributed by atoms with E-state index in [0.29, 0.717) is 18.0 Å². The van der Waals surface area contributed by atoms with Gasteiger partial charge in [-0.1, -0.05) is 6.92 Å². The number of carbonyl (C=O) groups is 3. The summed E-state index contributed by atoms with van der Waals surface area (Å²) < 4.78 is 15.2. The Balaban J connectivity index is 2.65. The Labute approximate surface area is 140 Å². The molecule has 0 bridgehead atoms. The fourth-order valence-corrected chi connectivity index (χ4v) is 1.86. The summed E-state index contributed by atoms with van der Waals surface area (Å²) in [6.45, 7) is 3.54. The molecule has 0 aliphatic carbocycles. The highest BCUT2D eigenvalue weighted by atomic mass is 16.5. The minimum absolute atomic E-state index is 0.178. The molecule has 2 N–H and O–H groups in total. The highest BCUT2D eigenvalue weighted by Gasteiger charge is 2.16. The van der Waals surface area contributed by atoms with Gasteiger partial charge in [0.2, 0.25) is 0 Å². The van der Waals surface area contributed by atoms with Crippen molar-refractivity contribution >= 4 is 17.9 Å². The zero-order valence-corrected chi connectivity index (χ0v) is 14.2. The Hall–Kier alpha value is -2.77. The van der Waals surface area contributed by atoms with Crippen LogP contribution < -0.4 is 20.1 Å². The summed E-state index contributed by atoms with van der Waals surface area (Å²) in [7, 11) is 2.94.